The number of amides is 1. The zero-order valence-electron chi connectivity index (χ0n) is 11.7. The molecule has 0 saturated heterocycles. The Bertz CT molecular complexity index is 496. The van der Waals surface area contributed by atoms with Gasteiger partial charge in [0.15, 0.2) is 0 Å². The van der Waals surface area contributed by atoms with Gasteiger partial charge in [-0.1, -0.05) is 6.92 Å². The van der Waals surface area contributed by atoms with Crippen LogP contribution in [-0.4, -0.2) is 40.9 Å². The van der Waals surface area contributed by atoms with Crippen LogP contribution in [0, 0.1) is 10.1 Å². The van der Waals surface area contributed by atoms with E-state index in [0.717, 1.165) is 18.4 Å². The molecule has 1 rings (SSSR count). The fourth-order valence-corrected chi connectivity index (χ4v) is 2.37. The first-order chi connectivity index (χ1) is 9.53. The number of hydrogen-bond donors (Lipinski definition) is 2. The third kappa shape index (κ3) is 4.09. The van der Waals surface area contributed by atoms with Crippen LogP contribution in [0.2, 0.25) is 0 Å². The quantitative estimate of drug-likeness (QED) is 0.589. The molecule has 1 unspecified atom stereocenters. The van der Waals surface area contributed by atoms with Crippen LogP contribution in [0.15, 0.2) is 12.3 Å². The number of nitrogens with one attached hydrogen (secondary N) is 2. The average Bonchev–Trinajstić information content (AvgIpc) is 2.45. The number of rotatable bonds is 7. The van der Waals surface area contributed by atoms with Crippen molar-refractivity contribution in [3.8, 4) is 0 Å². The Labute approximate surface area is 121 Å². The smallest absolute Gasteiger partial charge is 0.288 e. The third-order valence-electron chi connectivity index (χ3n) is 2.76. The fraction of sp³-hybridized carbons (Fsp3) is 0.500. The van der Waals surface area contributed by atoms with Crippen molar-refractivity contribution >= 4 is 29.2 Å². The molecule has 1 aromatic rings. The number of hydrogen-bond acceptors (Lipinski definition) is 6. The molecule has 1 amide bonds. The summed E-state index contributed by atoms with van der Waals surface area (Å²) in [5, 5.41) is 16.4. The summed E-state index contributed by atoms with van der Waals surface area (Å²) >= 11 is 1.64. The van der Waals surface area contributed by atoms with Crippen molar-refractivity contribution in [2.45, 2.75) is 19.4 Å². The van der Waals surface area contributed by atoms with E-state index in [1.165, 1.54) is 6.07 Å². The standard InChI is InChI=1S/C12H18N4O3S/c1-4-8(7-20-3)15-12(17)10-5-9(16(18)19)6-14-11(10)13-2/h5-6,8H,4,7H2,1-3H3,(H,13,14)(H,15,17). The van der Waals surface area contributed by atoms with Gasteiger partial charge in [0.05, 0.1) is 10.5 Å². The monoisotopic (exact) mass is 298 g/mol. The Balaban J connectivity index is 3.00. The van der Waals surface area contributed by atoms with Gasteiger partial charge in [0.1, 0.15) is 12.0 Å². The number of nitro groups is 1. The number of pyridine rings is 1. The SMILES string of the molecule is CCC(CSC)NC(=O)c1cc([N+](=O)[O-])cnc1NC. The van der Waals surface area contributed by atoms with E-state index >= 15 is 0 Å². The lowest BCUT2D eigenvalue weighted by atomic mass is 10.2. The molecule has 0 bridgehead atoms. The molecule has 2 N–H and O–H groups in total. The van der Waals surface area contributed by atoms with Gasteiger partial charge in [0.25, 0.3) is 11.6 Å². The maximum Gasteiger partial charge on any atom is 0.288 e. The topological polar surface area (TPSA) is 97.2 Å². The van der Waals surface area contributed by atoms with Crippen LogP contribution in [0.3, 0.4) is 0 Å². The number of aromatic nitrogens is 1. The molecule has 0 aliphatic heterocycles. The molecule has 1 heterocycles. The number of anilines is 1. The minimum absolute atomic E-state index is 0.0291. The lowest BCUT2D eigenvalue weighted by Crippen LogP contribution is -2.36. The highest BCUT2D eigenvalue weighted by molar-refractivity contribution is 7.98. The molecular formula is C12H18N4O3S. The van der Waals surface area contributed by atoms with Crippen molar-refractivity contribution in [2.24, 2.45) is 0 Å². The highest BCUT2D eigenvalue weighted by Gasteiger charge is 2.19. The molecule has 7 nitrogen and oxygen atoms in total. The number of thioether (sulfide) groups is 1. The van der Waals surface area contributed by atoms with Gasteiger partial charge in [0.2, 0.25) is 0 Å². The van der Waals surface area contributed by atoms with Crippen molar-refractivity contribution in [1.29, 1.82) is 0 Å². The molecule has 1 aromatic heterocycles. The predicted octanol–water partition coefficient (Wildman–Crippen LogP) is 1.90. The van der Waals surface area contributed by atoms with Crippen molar-refractivity contribution in [2.75, 3.05) is 24.4 Å². The van der Waals surface area contributed by atoms with E-state index < -0.39 is 4.92 Å². The van der Waals surface area contributed by atoms with Gasteiger partial charge in [-0.05, 0) is 12.7 Å². The van der Waals surface area contributed by atoms with E-state index in [-0.39, 0.29) is 23.2 Å². The van der Waals surface area contributed by atoms with Crippen molar-refractivity contribution in [3.05, 3.63) is 27.9 Å². The zero-order valence-corrected chi connectivity index (χ0v) is 12.5. The molecule has 8 heteroatoms. The van der Waals surface area contributed by atoms with E-state index in [0.29, 0.717) is 5.82 Å². The van der Waals surface area contributed by atoms with E-state index in [1.807, 2.05) is 13.2 Å². The van der Waals surface area contributed by atoms with E-state index in [1.54, 1.807) is 18.8 Å². The molecule has 1 atom stereocenters. The fourth-order valence-electron chi connectivity index (χ4n) is 1.65. The summed E-state index contributed by atoms with van der Waals surface area (Å²) in [5.74, 6) is 0.762. The van der Waals surface area contributed by atoms with E-state index in [2.05, 4.69) is 15.6 Å². The molecular weight excluding hydrogens is 280 g/mol. The van der Waals surface area contributed by atoms with Crippen LogP contribution < -0.4 is 10.6 Å². The number of carbonyl (C=O) groups is 1. The second-order valence-electron chi connectivity index (χ2n) is 4.13. The van der Waals surface area contributed by atoms with Crippen LogP contribution >= 0.6 is 11.8 Å². The van der Waals surface area contributed by atoms with Crippen LogP contribution in [0.5, 0.6) is 0 Å². The normalized spacial score (nSPS) is 11.8. The summed E-state index contributed by atoms with van der Waals surface area (Å²) in [6.45, 7) is 1.98. The zero-order chi connectivity index (χ0) is 15.1. The molecule has 110 valence electrons. The molecule has 0 saturated carbocycles. The molecule has 0 radical (unpaired) electrons. The van der Waals surface area contributed by atoms with Gasteiger partial charge in [-0.2, -0.15) is 11.8 Å². The third-order valence-corrected chi connectivity index (χ3v) is 3.50. The maximum absolute atomic E-state index is 12.2. The van der Waals surface area contributed by atoms with Gasteiger partial charge in [0, 0.05) is 24.9 Å². The van der Waals surface area contributed by atoms with Gasteiger partial charge in [-0.3, -0.25) is 14.9 Å². The summed E-state index contributed by atoms with van der Waals surface area (Å²) in [7, 11) is 1.62. The highest BCUT2D eigenvalue weighted by Crippen LogP contribution is 2.19. The van der Waals surface area contributed by atoms with Gasteiger partial charge in [-0.15, -0.1) is 0 Å². The Morgan fingerprint density at radius 1 is 1.60 bits per heavy atom. The average molecular weight is 298 g/mol. The summed E-state index contributed by atoms with van der Waals surface area (Å²) < 4.78 is 0. The molecule has 0 aromatic carbocycles. The second kappa shape index (κ2) is 7.68. The first-order valence-corrected chi connectivity index (χ1v) is 7.54. The highest BCUT2D eigenvalue weighted by atomic mass is 32.2. The van der Waals surface area contributed by atoms with Gasteiger partial charge >= 0.3 is 0 Å². The Morgan fingerprint density at radius 3 is 2.80 bits per heavy atom. The lowest BCUT2D eigenvalue weighted by Gasteiger charge is -2.16. The van der Waals surface area contributed by atoms with Gasteiger partial charge in [-0.25, -0.2) is 4.98 Å². The number of nitrogens with zero attached hydrogens (tertiary/aromatic N) is 2. The summed E-state index contributed by atoms with van der Waals surface area (Å²) in [4.78, 5) is 26.3. The first-order valence-electron chi connectivity index (χ1n) is 6.15. The summed E-state index contributed by atoms with van der Waals surface area (Å²) in [6.07, 6.45) is 3.88. The Kier molecular flexibility index (Phi) is 6.23. The maximum atomic E-state index is 12.2. The largest absolute Gasteiger partial charge is 0.372 e. The van der Waals surface area contributed by atoms with Gasteiger partial charge < -0.3 is 10.6 Å². The predicted molar refractivity (Wildman–Crippen MR) is 80.4 cm³/mol. The molecule has 0 aliphatic rings. The summed E-state index contributed by atoms with van der Waals surface area (Å²) in [6, 6.07) is 1.27. The van der Waals surface area contributed by atoms with Crippen LogP contribution in [0.25, 0.3) is 0 Å². The molecule has 0 fully saturated rings. The first kappa shape index (κ1) is 16.2. The Morgan fingerprint density at radius 2 is 2.30 bits per heavy atom. The Hall–Kier alpha value is -1.83. The molecule has 20 heavy (non-hydrogen) atoms. The van der Waals surface area contributed by atoms with Crippen LogP contribution in [0.4, 0.5) is 11.5 Å². The minimum Gasteiger partial charge on any atom is -0.372 e. The van der Waals surface area contributed by atoms with Crippen molar-refractivity contribution in [3.63, 3.8) is 0 Å². The van der Waals surface area contributed by atoms with Crippen molar-refractivity contribution in [1.82, 2.24) is 10.3 Å². The number of carbonyl (C=O) groups excluding carboxylic acids is 1. The van der Waals surface area contributed by atoms with Crippen LogP contribution in [-0.2, 0) is 0 Å². The molecule has 0 aliphatic carbocycles. The second-order valence-corrected chi connectivity index (χ2v) is 5.04. The lowest BCUT2D eigenvalue weighted by molar-refractivity contribution is -0.385. The molecule has 0 spiro atoms. The summed E-state index contributed by atoms with van der Waals surface area (Å²) in [5.41, 5.74) is -0.0201. The van der Waals surface area contributed by atoms with E-state index in [9.17, 15) is 14.9 Å². The van der Waals surface area contributed by atoms with Crippen molar-refractivity contribution < 1.29 is 9.72 Å². The van der Waals surface area contributed by atoms with E-state index in [4.69, 9.17) is 0 Å². The minimum atomic E-state index is -0.567. The van der Waals surface area contributed by atoms with Crippen LogP contribution in [0.1, 0.15) is 23.7 Å².